The Labute approximate surface area is 168 Å². The lowest BCUT2D eigenvalue weighted by Gasteiger charge is -2.35. The molecular formula is C20H20N6O2S. The number of pyridine rings is 1. The van der Waals surface area contributed by atoms with Gasteiger partial charge in [0.2, 0.25) is 10.0 Å². The number of fused-ring (bicyclic) bond motifs is 1. The molecule has 0 unspecified atom stereocenters. The fourth-order valence-corrected chi connectivity index (χ4v) is 5.11. The van der Waals surface area contributed by atoms with Gasteiger partial charge in [-0.1, -0.05) is 18.2 Å². The fourth-order valence-electron chi connectivity index (χ4n) is 3.69. The van der Waals surface area contributed by atoms with Crippen LogP contribution >= 0.6 is 0 Å². The number of nitrogens with zero attached hydrogens (tertiary/aromatic N) is 4. The van der Waals surface area contributed by atoms with Crippen LogP contribution in [0.15, 0.2) is 65.8 Å². The van der Waals surface area contributed by atoms with Crippen molar-refractivity contribution < 1.29 is 8.42 Å². The molecule has 0 atom stereocenters. The van der Waals surface area contributed by atoms with Gasteiger partial charge in [0.05, 0.1) is 5.69 Å². The van der Waals surface area contributed by atoms with Crippen LogP contribution in [0.1, 0.15) is 0 Å². The molecule has 148 valence electrons. The minimum atomic E-state index is -3.57. The first-order valence-electron chi connectivity index (χ1n) is 9.41. The summed E-state index contributed by atoms with van der Waals surface area (Å²) in [7, 11) is -3.57. The Morgan fingerprint density at radius 1 is 0.966 bits per heavy atom. The molecule has 1 aliphatic heterocycles. The van der Waals surface area contributed by atoms with E-state index in [0.29, 0.717) is 43.2 Å². The second-order valence-corrected chi connectivity index (χ2v) is 8.89. The molecule has 5 rings (SSSR count). The van der Waals surface area contributed by atoms with Crippen molar-refractivity contribution in [1.82, 2.24) is 24.5 Å². The molecule has 0 radical (unpaired) electrons. The minimum absolute atomic E-state index is 0.251. The van der Waals surface area contributed by atoms with E-state index in [0.717, 1.165) is 11.1 Å². The maximum Gasteiger partial charge on any atom is 0.244 e. The SMILES string of the molecule is O=S(=O)(c1c[nH]c(-c2n[nH]c3ncccc23)c1)N1CCN(c2ccccc2)CC1. The first-order chi connectivity index (χ1) is 14.1. The third kappa shape index (κ3) is 3.18. The van der Waals surface area contributed by atoms with Crippen LogP contribution < -0.4 is 4.90 Å². The number of para-hydroxylation sites is 1. The number of nitrogens with one attached hydrogen (secondary N) is 2. The zero-order valence-corrected chi connectivity index (χ0v) is 16.4. The number of aromatic nitrogens is 4. The Bertz CT molecular complexity index is 1240. The van der Waals surface area contributed by atoms with Crippen LogP contribution in [0.3, 0.4) is 0 Å². The molecule has 0 aliphatic carbocycles. The Kier molecular flexibility index (Phi) is 4.33. The van der Waals surface area contributed by atoms with Crippen molar-refractivity contribution in [2.45, 2.75) is 4.90 Å². The van der Waals surface area contributed by atoms with Crippen molar-refractivity contribution in [2.75, 3.05) is 31.1 Å². The molecule has 29 heavy (non-hydrogen) atoms. The van der Waals surface area contributed by atoms with E-state index in [1.54, 1.807) is 16.6 Å². The molecule has 8 nitrogen and oxygen atoms in total. The van der Waals surface area contributed by atoms with Crippen LogP contribution in [0.4, 0.5) is 5.69 Å². The number of hydrogen-bond acceptors (Lipinski definition) is 5. The summed E-state index contributed by atoms with van der Waals surface area (Å²) < 4.78 is 27.8. The lowest BCUT2D eigenvalue weighted by atomic mass is 10.2. The highest BCUT2D eigenvalue weighted by molar-refractivity contribution is 7.89. The zero-order chi connectivity index (χ0) is 19.8. The van der Waals surface area contributed by atoms with Gasteiger partial charge >= 0.3 is 0 Å². The number of benzene rings is 1. The monoisotopic (exact) mass is 408 g/mol. The smallest absolute Gasteiger partial charge is 0.244 e. The summed E-state index contributed by atoms with van der Waals surface area (Å²) in [5, 5.41) is 8.00. The van der Waals surface area contributed by atoms with Crippen LogP contribution in [-0.2, 0) is 10.0 Å². The summed E-state index contributed by atoms with van der Waals surface area (Å²) in [5.74, 6) is 0. The second kappa shape index (κ2) is 7.02. The number of rotatable bonds is 4. The summed E-state index contributed by atoms with van der Waals surface area (Å²) >= 11 is 0. The van der Waals surface area contributed by atoms with Gasteiger partial charge in [0.25, 0.3) is 0 Å². The van der Waals surface area contributed by atoms with Gasteiger partial charge in [0, 0.05) is 49.6 Å². The third-order valence-corrected chi connectivity index (χ3v) is 7.12. The normalized spacial score (nSPS) is 15.8. The van der Waals surface area contributed by atoms with Crippen LogP contribution in [0.2, 0.25) is 0 Å². The van der Waals surface area contributed by atoms with E-state index in [2.05, 4.69) is 25.1 Å². The fraction of sp³-hybridized carbons (Fsp3) is 0.200. The Balaban J connectivity index is 1.36. The third-order valence-electron chi connectivity index (χ3n) is 5.25. The van der Waals surface area contributed by atoms with Gasteiger partial charge in [-0.25, -0.2) is 13.4 Å². The summed E-state index contributed by atoms with van der Waals surface area (Å²) in [6.07, 6.45) is 3.22. The standard InChI is InChI=1S/C20H20N6O2S/c27-29(28,26-11-9-25(10-12-26)15-5-2-1-3-6-15)16-13-18(22-14-16)19-17-7-4-8-21-20(17)24-23-19/h1-8,13-14,22H,9-12H2,(H,21,23,24). The molecule has 2 N–H and O–H groups in total. The molecule has 0 saturated carbocycles. The number of hydrogen-bond donors (Lipinski definition) is 2. The Hall–Kier alpha value is -3.17. The van der Waals surface area contributed by atoms with Crippen molar-refractivity contribution in [2.24, 2.45) is 0 Å². The topological polar surface area (TPSA) is 98.0 Å². The quantitative estimate of drug-likeness (QED) is 0.541. The van der Waals surface area contributed by atoms with E-state index < -0.39 is 10.0 Å². The van der Waals surface area contributed by atoms with Crippen LogP contribution in [0, 0.1) is 0 Å². The molecule has 3 aromatic heterocycles. The lowest BCUT2D eigenvalue weighted by Crippen LogP contribution is -2.48. The van der Waals surface area contributed by atoms with E-state index in [1.165, 1.54) is 6.20 Å². The number of sulfonamides is 1. The van der Waals surface area contributed by atoms with E-state index in [-0.39, 0.29) is 4.90 Å². The maximum atomic E-state index is 13.1. The predicted molar refractivity (Wildman–Crippen MR) is 111 cm³/mol. The van der Waals surface area contributed by atoms with Crippen molar-refractivity contribution in [1.29, 1.82) is 0 Å². The molecule has 0 spiro atoms. The van der Waals surface area contributed by atoms with E-state index in [9.17, 15) is 8.42 Å². The van der Waals surface area contributed by atoms with Gasteiger partial charge in [0.15, 0.2) is 5.65 Å². The number of H-pyrrole nitrogens is 2. The van der Waals surface area contributed by atoms with Crippen LogP contribution in [0.25, 0.3) is 22.4 Å². The Morgan fingerprint density at radius 3 is 2.55 bits per heavy atom. The average Bonchev–Trinajstić information content (AvgIpc) is 3.42. The highest BCUT2D eigenvalue weighted by atomic mass is 32.2. The summed E-state index contributed by atoms with van der Waals surface area (Å²) in [5.41, 5.74) is 3.08. The van der Waals surface area contributed by atoms with Gasteiger partial charge in [-0.15, -0.1) is 0 Å². The van der Waals surface area contributed by atoms with Crippen molar-refractivity contribution in [3.8, 4) is 11.4 Å². The molecule has 1 aliphatic rings. The largest absolute Gasteiger partial charge is 0.369 e. The maximum absolute atomic E-state index is 13.1. The zero-order valence-electron chi connectivity index (χ0n) is 15.6. The minimum Gasteiger partial charge on any atom is -0.369 e. The molecule has 1 saturated heterocycles. The molecule has 0 amide bonds. The van der Waals surface area contributed by atoms with Crippen molar-refractivity contribution in [3.05, 3.63) is 60.9 Å². The van der Waals surface area contributed by atoms with Gasteiger partial charge in [-0.05, 0) is 30.3 Å². The van der Waals surface area contributed by atoms with Crippen molar-refractivity contribution in [3.63, 3.8) is 0 Å². The lowest BCUT2D eigenvalue weighted by molar-refractivity contribution is 0.385. The number of anilines is 1. The molecule has 4 heterocycles. The first kappa shape index (κ1) is 17.9. The number of aromatic amines is 2. The highest BCUT2D eigenvalue weighted by Crippen LogP contribution is 2.28. The molecule has 0 bridgehead atoms. The van der Waals surface area contributed by atoms with Gasteiger partial charge in [0.1, 0.15) is 10.6 Å². The van der Waals surface area contributed by atoms with Crippen LogP contribution in [-0.4, -0.2) is 59.1 Å². The van der Waals surface area contributed by atoms with E-state index in [1.807, 2.05) is 42.5 Å². The second-order valence-electron chi connectivity index (χ2n) is 6.95. The van der Waals surface area contributed by atoms with E-state index in [4.69, 9.17) is 0 Å². The number of piperazine rings is 1. The van der Waals surface area contributed by atoms with Crippen LogP contribution in [0.5, 0.6) is 0 Å². The van der Waals surface area contributed by atoms with Gasteiger partial charge in [-0.3, -0.25) is 5.10 Å². The van der Waals surface area contributed by atoms with E-state index >= 15 is 0 Å². The summed E-state index contributed by atoms with van der Waals surface area (Å²) in [6, 6.07) is 15.4. The molecule has 4 aromatic rings. The molecule has 1 fully saturated rings. The molecular weight excluding hydrogens is 388 g/mol. The van der Waals surface area contributed by atoms with Gasteiger partial charge < -0.3 is 9.88 Å². The summed E-state index contributed by atoms with van der Waals surface area (Å²) in [4.78, 5) is 9.74. The Morgan fingerprint density at radius 2 is 1.76 bits per heavy atom. The molecule has 1 aromatic carbocycles. The summed E-state index contributed by atoms with van der Waals surface area (Å²) in [6.45, 7) is 2.23. The van der Waals surface area contributed by atoms with Crippen molar-refractivity contribution >= 4 is 26.7 Å². The van der Waals surface area contributed by atoms with Gasteiger partial charge in [-0.2, -0.15) is 9.40 Å². The highest BCUT2D eigenvalue weighted by Gasteiger charge is 2.29. The predicted octanol–water partition coefficient (Wildman–Crippen LogP) is 2.46. The average molecular weight is 408 g/mol. The first-order valence-corrected chi connectivity index (χ1v) is 10.8. The molecule has 9 heteroatoms.